The van der Waals surface area contributed by atoms with Crippen LogP contribution in [-0.4, -0.2) is 50.0 Å². The quantitative estimate of drug-likeness (QED) is 0.682. The fourth-order valence-electron chi connectivity index (χ4n) is 0.203. The standard InChI is InChI=1S/C4H9NO3.C3H9N.ClH/c1-3(6)2-8-4(5)7;1-4(2)3;/h3,6H,2H2,1H3,(H2,5,7);1-3H3;1H. The highest BCUT2D eigenvalue weighted by molar-refractivity contribution is 5.85. The first-order chi connectivity index (χ1) is 5.36. The van der Waals surface area contributed by atoms with Crippen molar-refractivity contribution in [1.82, 2.24) is 4.90 Å². The van der Waals surface area contributed by atoms with Crippen molar-refractivity contribution in [3.05, 3.63) is 0 Å². The summed E-state index contributed by atoms with van der Waals surface area (Å²) in [6, 6.07) is 0. The summed E-state index contributed by atoms with van der Waals surface area (Å²) in [7, 11) is 6.00. The van der Waals surface area contributed by atoms with Crippen molar-refractivity contribution in [2.45, 2.75) is 13.0 Å². The SMILES string of the molecule is CC(O)COC(N)=O.CN(C)C.Cl. The zero-order valence-corrected chi connectivity index (χ0v) is 9.30. The summed E-state index contributed by atoms with van der Waals surface area (Å²) in [6.07, 6.45) is -1.49. The van der Waals surface area contributed by atoms with E-state index in [2.05, 4.69) is 10.5 Å². The summed E-state index contributed by atoms with van der Waals surface area (Å²) in [5, 5.41) is 8.47. The Morgan fingerprint density at radius 2 is 1.85 bits per heavy atom. The van der Waals surface area contributed by atoms with Gasteiger partial charge in [0.25, 0.3) is 0 Å². The number of aliphatic hydroxyl groups excluding tert-OH is 1. The van der Waals surface area contributed by atoms with Crippen LogP contribution in [0.15, 0.2) is 0 Å². The van der Waals surface area contributed by atoms with Gasteiger partial charge in [0.2, 0.25) is 0 Å². The van der Waals surface area contributed by atoms with E-state index in [9.17, 15) is 4.79 Å². The van der Waals surface area contributed by atoms with Crippen LogP contribution >= 0.6 is 12.4 Å². The number of carbonyl (C=O) groups excluding carboxylic acids is 1. The van der Waals surface area contributed by atoms with Crippen molar-refractivity contribution in [3.63, 3.8) is 0 Å². The lowest BCUT2D eigenvalue weighted by Gasteiger charge is -2.01. The maximum atomic E-state index is 9.79. The molecule has 13 heavy (non-hydrogen) atoms. The number of hydrogen-bond acceptors (Lipinski definition) is 4. The lowest BCUT2D eigenvalue weighted by molar-refractivity contribution is 0.0833. The minimum absolute atomic E-state index is 0. The second-order valence-corrected chi connectivity index (χ2v) is 2.82. The van der Waals surface area contributed by atoms with Crippen molar-refractivity contribution in [1.29, 1.82) is 0 Å². The van der Waals surface area contributed by atoms with Gasteiger partial charge in [-0.05, 0) is 28.1 Å². The van der Waals surface area contributed by atoms with Crippen molar-refractivity contribution in [3.8, 4) is 0 Å². The smallest absolute Gasteiger partial charge is 0.404 e. The number of carbonyl (C=O) groups is 1. The molecule has 0 aromatic rings. The van der Waals surface area contributed by atoms with Gasteiger partial charge in [-0.25, -0.2) is 4.79 Å². The van der Waals surface area contributed by atoms with Gasteiger partial charge >= 0.3 is 6.09 Å². The molecule has 6 heteroatoms. The molecule has 0 heterocycles. The number of primary amides is 1. The summed E-state index contributed by atoms with van der Waals surface area (Å²) in [5.74, 6) is 0. The Hall–Kier alpha value is -0.520. The highest BCUT2D eigenvalue weighted by Gasteiger charge is 1.96. The fraction of sp³-hybridized carbons (Fsp3) is 0.857. The number of halogens is 1. The topological polar surface area (TPSA) is 75.8 Å². The molecule has 0 aliphatic rings. The largest absolute Gasteiger partial charge is 0.447 e. The van der Waals surface area contributed by atoms with E-state index in [0.29, 0.717) is 0 Å². The van der Waals surface area contributed by atoms with Crippen LogP contribution in [0.25, 0.3) is 0 Å². The average molecular weight is 215 g/mol. The van der Waals surface area contributed by atoms with E-state index in [4.69, 9.17) is 5.11 Å². The Morgan fingerprint density at radius 3 is 1.92 bits per heavy atom. The maximum Gasteiger partial charge on any atom is 0.404 e. The average Bonchev–Trinajstić information content (AvgIpc) is 1.82. The van der Waals surface area contributed by atoms with Gasteiger partial charge in [0, 0.05) is 0 Å². The van der Waals surface area contributed by atoms with Crippen molar-refractivity contribution >= 4 is 18.5 Å². The number of nitrogens with zero attached hydrogens (tertiary/aromatic N) is 1. The molecule has 0 aliphatic carbocycles. The maximum absolute atomic E-state index is 9.79. The molecule has 0 bridgehead atoms. The van der Waals surface area contributed by atoms with E-state index in [0.717, 1.165) is 0 Å². The van der Waals surface area contributed by atoms with Gasteiger partial charge < -0.3 is 20.5 Å². The highest BCUT2D eigenvalue weighted by Crippen LogP contribution is 1.80. The Kier molecular flexibility index (Phi) is 16.2. The second kappa shape index (κ2) is 11.5. The molecule has 1 amide bonds. The van der Waals surface area contributed by atoms with Crippen molar-refractivity contribution in [2.75, 3.05) is 27.7 Å². The van der Waals surface area contributed by atoms with E-state index >= 15 is 0 Å². The first-order valence-electron chi connectivity index (χ1n) is 3.57. The molecular formula is C7H19ClN2O3. The molecule has 0 fully saturated rings. The van der Waals surface area contributed by atoms with E-state index in [1.54, 1.807) is 0 Å². The highest BCUT2D eigenvalue weighted by atomic mass is 35.5. The molecule has 0 rings (SSSR count). The summed E-state index contributed by atoms with van der Waals surface area (Å²) in [6.45, 7) is 1.47. The normalized spacial score (nSPS) is 10.6. The third-order valence-electron chi connectivity index (χ3n) is 0.467. The lowest BCUT2D eigenvalue weighted by Crippen LogP contribution is -2.19. The summed E-state index contributed by atoms with van der Waals surface area (Å²) < 4.78 is 4.19. The van der Waals surface area contributed by atoms with Crippen LogP contribution in [0, 0.1) is 0 Å². The van der Waals surface area contributed by atoms with Crippen LogP contribution in [0.4, 0.5) is 4.79 Å². The van der Waals surface area contributed by atoms with E-state index < -0.39 is 12.2 Å². The predicted octanol–water partition coefficient (Wildman–Crippen LogP) is 0.0621. The fourth-order valence-corrected chi connectivity index (χ4v) is 0.203. The molecule has 0 aromatic carbocycles. The second-order valence-electron chi connectivity index (χ2n) is 2.82. The Morgan fingerprint density at radius 1 is 1.54 bits per heavy atom. The molecule has 0 saturated carbocycles. The summed E-state index contributed by atoms with van der Waals surface area (Å²) in [4.78, 5) is 11.8. The zero-order chi connectivity index (χ0) is 10.1. The minimum Gasteiger partial charge on any atom is -0.447 e. The van der Waals surface area contributed by atoms with E-state index in [-0.39, 0.29) is 19.0 Å². The van der Waals surface area contributed by atoms with Crippen LogP contribution < -0.4 is 5.73 Å². The summed E-state index contributed by atoms with van der Waals surface area (Å²) >= 11 is 0. The molecule has 0 aromatic heterocycles. The van der Waals surface area contributed by atoms with Crippen LogP contribution in [0.1, 0.15) is 6.92 Å². The molecule has 0 aliphatic heterocycles. The third-order valence-corrected chi connectivity index (χ3v) is 0.467. The van der Waals surface area contributed by atoms with E-state index in [1.165, 1.54) is 6.92 Å². The predicted molar refractivity (Wildman–Crippen MR) is 54.1 cm³/mol. The molecule has 82 valence electrons. The van der Waals surface area contributed by atoms with Crippen LogP contribution in [-0.2, 0) is 4.74 Å². The van der Waals surface area contributed by atoms with Crippen LogP contribution in [0.3, 0.4) is 0 Å². The Bertz CT molecular complexity index is 118. The van der Waals surface area contributed by atoms with Crippen LogP contribution in [0.5, 0.6) is 0 Å². The number of aliphatic hydroxyl groups is 1. The Labute approximate surface area is 85.3 Å². The number of rotatable bonds is 2. The number of ether oxygens (including phenoxy) is 1. The van der Waals surface area contributed by atoms with Gasteiger partial charge in [0.1, 0.15) is 6.61 Å². The molecule has 3 N–H and O–H groups in total. The van der Waals surface area contributed by atoms with Crippen molar-refractivity contribution in [2.24, 2.45) is 5.73 Å². The van der Waals surface area contributed by atoms with Crippen LogP contribution in [0.2, 0.25) is 0 Å². The van der Waals surface area contributed by atoms with Gasteiger partial charge in [-0.15, -0.1) is 12.4 Å². The number of amides is 1. The van der Waals surface area contributed by atoms with Gasteiger partial charge in [-0.1, -0.05) is 0 Å². The minimum atomic E-state index is -0.856. The first-order valence-corrected chi connectivity index (χ1v) is 3.57. The third kappa shape index (κ3) is 51.4. The molecule has 0 spiro atoms. The first kappa shape index (κ1) is 18.3. The van der Waals surface area contributed by atoms with Gasteiger partial charge in [0.15, 0.2) is 0 Å². The molecule has 1 atom stereocenters. The van der Waals surface area contributed by atoms with Gasteiger partial charge in [0.05, 0.1) is 6.10 Å². The molecule has 1 unspecified atom stereocenters. The molecular weight excluding hydrogens is 196 g/mol. The Balaban J connectivity index is -0.000000173. The lowest BCUT2D eigenvalue weighted by atomic mass is 10.5. The molecule has 0 radical (unpaired) electrons. The molecule has 0 saturated heterocycles. The zero-order valence-electron chi connectivity index (χ0n) is 8.48. The number of hydrogen-bond donors (Lipinski definition) is 2. The van der Waals surface area contributed by atoms with E-state index in [1.807, 2.05) is 26.0 Å². The summed E-state index contributed by atoms with van der Waals surface area (Å²) in [5.41, 5.74) is 4.57. The van der Waals surface area contributed by atoms with Crippen molar-refractivity contribution < 1.29 is 14.6 Å². The number of nitrogens with two attached hydrogens (primary N) is 1. The monoisotopic (exact) mass is 214 g/mol. The molecule has 5 nitrogen and oxygen atoms in total. The van der Waals surface area contributed by atoms with Gasteiger partial charge in [-0.2, -0.15) is 0 Å². The van der Waals surface area contributed by atoms with Gasteiger partial charge in [-0.3, -0.25) is 0 Å².